The highest BCUT2D eigenvalue weighted by Crippen LogP contribution is 2.08. The van der Waals surface area contributed by atoms with Crippen LogP contribution in [0.2, 0.25) is 0 Å². The van der Waals surface area contributed by atoms with Gasteiger partial charge in [0.25, 0.3) is 0 Å². The lowest BCUT2D eigenvalue weighted by Crippen LogP contribution is -2.13. The minimum atomic E-state index is 0.0299. The molecule has 1 aromatic heterocycles. The quantitative estimate of drug-likeness (QED) is 0.750. The minimum absolute atomic E-state index is 0.0299. The van der Waals surface area contributed by atoms with E-state index in [-0.39, 0.29) is 18.2 Å². The molecule has 5 heteroatoms. The summed E-state index contributed by atoms with van der Waals surface area (Å²) in [6.45, 7) is 3.96. The fourth-order valence-electron chi connectivity index (χ4n) is 1.60. The van der Waals surface area contributed by atoms with Gasteiger partial charge in [-0.2, -0.15) is 0 Å². The highest BCUT2D eigenvalue weighted by molar-refractivity contribution is 5.97. The topological polar surface area (TPSA) is 60.7 Å². The smallest absolute Gasteiger partial charge is 0.170 e. The van der Waals surface area contributed by atoms with Crippen molar-refractivity contribution in [2.45, 2.75) is 26.3 Å². The maximum absolute atomic E-state index is 12.0. The summed E-state index contributed by atoms with van der Waals surface area (Å²) in [4.78, 5) is 12.0. The standard InChI is InChI=1S/C12H14N4O/c1-9(2)16-12(13-14-15-16)8-11(17)10-6-4-3-5-7-10/h3-7,9H,8H2,1-2H3. The number of nitrogens with zero attached hydrogens (tertiary/aromatic N) is 4. The summed E-state index contributed by atoms with van der Waals surface area (Å²) in [7, 11) is 0. The predicted octanol–water partition coefficient (Wildman–Crippen LogP) is 1.68. The van der Waals surface area contributed by atoms with Crippen LogP contribution in [-0.2, 0) is 6.42 Å². The first-order valence-electron chi connectivity index (χ1n) is 5.53. The van der Waals surface area contributed by atoms with Gasteiger partial charge in [0.05, 0.1) is 12.5 Å². The fraction of sp³-hybridized carbons (Fsp3) is 0.333. The lowest BCUT2D eigenvalue weighted by atomic mass is 10.1. The molecule has 0 saturated carbocycles. The highest BCUT2D eigenvalue weighted by atomic mass is 16.1. The van der Waals surface area contributed by atoms with Gasteiger partial charge >= 0.3 is 0 Å². The van der Waals surface area contributed by atoms with Gasteiger partial charge in [0, 0.05) is 5.56 Å². The van der Waals surface area contributed by atoms with Crippen LogP contribution in [0.1, 0.15) is 36.1 Å². The molecule has 0 N–H and O–H groups in total. The van der Waals surface area contributed by atoms with Crippen molar-refractivity contribution in [3.63, 3.8) is 0 Å². The fourth-order valence-corrected chi connectivity index (χ4v) is 1.60. The Labute approximate surface area is 99.5 Å². The molecule has 0 aliphatic carbocycles. The van der Waals surface area contributed by atoms with E-state index in [0.717, 1.165) is 0 Å². The summed E-state index contributed by atoms with van der Waals surface area (Å²) in [5, 5.41) is 11.4. The number of carbonyl (C=O) groups is 1. The van der Waals surface area contributed by atoms with E-state index >= 15 is 0 Å². The SMILES string of the molecule is CC(C)n1nnnc1CC(=O)c1ccccc1. The molecule has 17 heavy (non-hydrogen) atoms. The number of ketones is 1. The Hall–Kier alpha value is -2.04. The van der Waals surface area contributed by atoms with Crippen molar-refractivity contribution in [3.8, 4) is 0 Å². The maximum atomic E-state index is 12.0. The zero-order valence-electron chi connectivity index (χ0n) is 9.87. The minimum Gasteiger partial charge on any atom is -0.294 e. The number of Topliss-reactive ketones (excluding diaryl/α,β-unsaturated/α-hetero) is 1. The average molecular weight is 230 g/mol. The van der Waals surface area contributed by atoms with Crippen LogP contribution in [0.25, 0.3) is 0 Å². The molecule has 0 radical (unpaired) electrons. The zero-order valence-corrected chi connectivity index (χ0v) is 9.87. The van der Waals surface area contributed by atoms with Gasteiger partial charge in [-0.3, -0.25) is 4.79 Å². The van der Waals surface area contributed by atoms with Crippen LogP contribution in [0.5, 0.6) is 0 Å². The molecule has 0 amide bonds. The highest BCUT2D eigenvalue weighted by Gasteiger charge is 2.14. The number of benzene rings is 1. The third-order valence-electron chi connectivity index (χ3n) is 2.46. The van der Waals surface area contributed by atoms with E-state index in [1.165, 1.54) is 0 Å². The average Bonchev–Trinajstić information content (AvgIpc) is 2.78. The van der Waals surface area contributed by atoms with Crippen LogP contribution >= 0.6 is 0 Å². The van der Waals surface area contributed by atoms with Crippen LogP contribution in [0.15, 0.2) is 30.3 Å². The Morgan fingerprint density at radius 2 is 2.00 bits per heavy atom. The van der Waals surface area contributed by atoms with Crippen molar-refractivity contribution in [1.82, 2.24) is 20.2 Å². The molecule has 1 aromatic carbocycles. The summed E-state index contributed by atoms with van der Waals surface area (Å²) in [5.41, 5.74) is 0.686. The molecule has 1 heterocycles. The van der Waals surface area contributed by atoms with Gasteiger partial charge in [-0.25, -0.2) is 4.68 Å². The maximum Gasteiger partial charge on any atom is 0.170 e. The zero-order chi connectivity index (χ0) is 12.3. The third kappa shape index (κ3) is 2.55. The molecule has 5 nitrogen and oxygen atoms in total. The van der Waals surface area contributed by atoms with Crippen molar-refractivity contribution in [1.29, 1.82) is 0 Å². The molecule has 2 rings (SSSR count). The molecule has 0 unspecified atom stereocenters. The van der Waals surface area contributed by atoms with Crippen molar-refractivity contribution in [2.24, 2.45) is 0 Å². The van der Waals surface area contributed by atoms with Crippen LogP contribution in [0.4, 0.5) is 0 Å². The second-order valence-electron chi connectivity index (χ2n) is 4.10. The number of aromatic nitrogens is 4. The number of rotatable bonds is 4. The Morgan fingerprint density at radius 3 is 2.65 bits per heavy atom. The number of hydrogen-bond acceptors (Lipinski definition) is 4. The summed E-state index contributed by atoms with van der Waals surface area (Å²) in [6, 6.07) is 9.33. The first-order chi connectivity index (χ1) is 8.18. The molecule has 0 atom stereocenters. The van der Waals surface area contributed by atoms with Crippen molar-refractivity contribution in [2.75, 3.05) is 0 Å². The number of tetrazole rings is 1. The molecule has 0 aliphatic heterocycles. The predicted molar refractivity (Wildman–Crippen MR) is 62.7 cm³/mol. The number of carbonyl (C=O) groups excluding carboxylic acids is 1. The lowest BCUT2D eigenvalue weighted by Gasteiger charge is -2.06. The van der Waals surface area contributed by atoms with Gasteiger partial charge in [-0.1, -0.05) is 30.3 Å². The van der Waals surface area contributed by atoms with E-state index in [0.29, 0.717) is 11.4 Å². The number of hydrogen-bond donors (Lipinski definition) is 0. The Balaban J connectivity index is 2.16. The Kier molecular flexibility index (Phi) is 3.27. The second-order valence-corrected chi connectivity index (χ2v) is 4.10. The van der Waals surface area contributed by atoms with Crippen LogP contribution in [-0.4, -0.2) is 26.0 Å². The molecular weight excluding hydrogens is 216 g/mol. The molecule has 88 valence electrons. The van der Waals surface area contributed by atoms with E-state index in [9.17, 15) is 4.79 Å². The molecule has 0 aliphatic rings. The van der Waals surface area contributed by atoms with Gasteiger partial charge in [0.1, 0.15) is 0 Å². The molecule has 0 bridgehead atoms. The van der Waals surface area contributed by atoms with Crippen molar-refractivity contribution in [3.05, 3.63) is 41.7 Å². The van der Waals surface area contributed by atoms with Crippen molar-refractivity contribution < 1.29 is 4.79 Å². The largest absolute Gasteiger partial charge is 0.294 e. The van der Waals surface area contributed by atoms with Gasteiger partial charge in [0.15, 0.2) is 11.6 Å². The summed E-state index contributed by atoms with van der Waals surface area (Å²) >= 11 is 0. The lowest BCUT2D eigenvalue weighted by molar-refractivity contribution is 0.0989. The first kappa shape index (κ1) is 11.4. The van der Waals surface area contributed by atoms with Crippen LogP contribution < -0.4 is 0 Å². The van der Waals surface area contributed by atoms with Crippen LogP contribution in [0.3, 0.4) is 0 Å². The van der Waals surface area contributed by atoms with E-state index < -0.39 is 0 Å². The van der Waals surface area contributed by atoms with Gasteiger partial charge in [-0.15, -0.1) is 5.10 Å². The molecule has 0 fully saturated rings. The van der Waals surface area contributed by atoms with E-state index in [1.807, 2.05) is 32.0 Å². The third-order valence-corrected chi connectivity index (χ3v) is 2.46. The Morgan fingerprint density at radius 1 is 1.29 bits per heavy atom. The monoisotopic (exact) mass is 230 g/mol. The summed E-state index contributed by atoms with van der Waals surface area (Å²) in [6.07, 6.45) is 0.231. The first-order valence-corrected chi connectivity index (χ1v) is 5.53. The van der Waals surface area contributed by atoms with Crippen molar-refractivity contribution >= 4 is 5.78 Å². The van der Waals surface area contributed by atoms with Gasteiger partial charge in [0.2, 0.25) is 0 Å². The summed E-state index contributed by atoms with van der Waals surface area (Å²) in [5.74, 6) is 0.635. The van der Waals surface area contributed by atoms with Crippen LogP contribution in [0, 0.1) is 0 Å². The normalized spacial score (nSPS) is 10.8. The van der Waals surface area contributed by atoms with E-state index in [4.69, 9.17) is 0 Å². The summed E-state index contributed by atoms with van der Waals surface area (Å²) < 4.78 is 1.67. The van der Waals surface area contributed by atoms with E-state index in [1.54, 1.807) is 16.8 Å². The van der Waals surface area contributed by atoms with E-state index in [2.05, 4.69) is 15.5 Å². The molecule has 0 spiro atoms. The molecular formula is C12H14N4O. The molecule has 2 aromatic rings. The Bertz CT molecular complexity index is 504. The second kappa shape index (κ2) is 4.86. The van der Waals surface area contributed by atoms with Gasteiger partial charge < -0.3 is 0 Å². The molecule has 0 saturated heterocycles. The van der Waals surface area contributed by atoms with Gasteiger partial charge in [-0.05, 0) is 24.3 Å².